The van der Waals surface area contributed by atoms with E-state index in [-0.39, 0.29) is 23.1 Å². The molecule has 1 aromatic carbocycles. The van der Waals surface area contributed by atoms with Crippen molar-refractivity contribution < 1.29 is 9.18 Å². The molecule has 0 radical (unpaired) electrons. The molecule has 0 spiro atoms. The zero-order valence-electron chi connectivity index (χ0n) is 9.00. The van der Waals surface area contributed by atoms with Gasteiger partial charge in [0.05, 0.1) is 0 Å². The SMILES string of the molecule is O=C1NCC2(Cc3ccc(F)cc3)CC1C2. The third kappa shape index (κ3) is 1.51. The van der Waals surface area contributed by atoms with E-state index in [2.05, 4.69) is 5.32 Å². The van der Waals surface area contributed by atoms with Gasteiger partial charge < -0.3 is 5.32 Å². The molecule has 0 aromatic heterocycles. The summed E-state index contributed by atoms with van der Waals surface area (Å²) >= 11 is 0. The van der Waals surface area contributed by atoms with E-state index in [1.165, 1.54) is 12.1 Å². The number of piperidine rings is 2. The summed E-state index contributed by atoms with van der Waals surface area (Å²) in [6.45, 7) is 0.777. The van der Waals surface area contributed by atoms with Gasteiger partial charge in [0.2, 0.25) is 5.91 Å². The van der Waals surface area contributed by atoms with Gasteiger partial charge in [0, 0.05) is 12.5 Å². The van der Waals surface area contributed by atoms with Crippen LogP contribution in [-0.2, 0) is 11.2 Å². The Morgan fingerprint density at radius 1 is 1.31 bits per heavy atom. The van der Waals surface area contributed by atoms with E-state index in [0.717, 1.165) is 31.4 Å². The van der Waals surface area contributed by atoms with Gasteiger partial charge in [0.1, 0.15) is 5.82 Å². The molecule has 3 fully saturated rings. The van der Waals surface area contributed by atoms with Crippen molar-refractivity contribution in [1.82, 2.24) is 5.32 Å². The minimum Gasteiger partial charge on any atom is -0.355 e. The summed E-state index contributed by atoms with van der Waals surface area (Å²) in [6.07, 6.45) is 2.94. The van der Waals surface area contributed by atoms with Crippen molar-refractivity contribution in [3.8, 4) is 0 Å². The van der Waals surface area contributed by atoms with Crippen LogP contribution in [0.4, 0.5) is 4.39 Å². The van der Waals surface area contributed by atoms with Crippen molar-refractivity contribution in [2.75, 3.05) is 6.54 Å². The van der Waals surface area contributed by atoms with Crippen molar-refractivity contribution >= 4 is 5.91 Å². The Morgan fingerprint density at radius 2 is 2.00 bits per heavy atom. The first kappa shape index (κ1) is 9.82. The van der Waals surface area contributed by atoms with E-state index in [1.807, 2.05) is 12.1 Å². The normalized spacial score (nSPS) is 31.8. The summed E-state index contributed by atoms with van der Waals surface area (Å²) in [5.41, 5.74) is 1.41. The lowest BCUT2D eigenvalue weighted by Crippen LogP contribution is -2.58. The highest BCUT2D eigenvalue weighted by Crippen LogP contribution is 2.50. The van der Waals surface area contributed by atoms with Crippen LogP contribution in [0, 0.1) is 17.2 Å². The second-order valence-electron chi connectivity index (χ2n) is 5.13. The number of halogens is 1. The van der Waals surface area contributed by atoms with Crippen LogP contribution in [0.15, 0.2) is 24.3 Å². The summed E-state index contributed by atoms with van der Waals surface area (Å²) in [5, 5.41) is 2.94. The smallest absolute Gasteiger partial charge is 0.223 e. The molecule has 0 unspecified atom stereocenters. The number of amides is 1. The van der Waals surface area contributed by atoms with Gasteiger partial charge in [-0.05, 0) is 42.4 Å². The number of benzene rings is 1. The highest BCUT2D eigenvalue weighted by atomic mass is 19.1. The van der Waals surface area contributed by atoms with Crippen LogP contribution in [0.2, 0.25) is 0 Å². The first-order chi connectivity index (χ1) is 7.67. The molecule has 3 aliphatic rings. The second-order valence-corrected chi connectivity index (χ2v) is 5.13. The number of nitrogens with one attached hydrogen (secondary N) is 1. The number of carbonyl (C=O) groups excluding carboxylic acids is 1. The van der Waals surface area contributed by atoms with Gasteiger partial charge in [0.25, 0.3) is 0 Å². The fraction of sp³-hybridized carbons (Fsp3) is 0.462. The van der Waals surface area contributed by atoms with E-state index >= 15 is 0 Å². The molecule has 16 heavy (non-hydrogen) atoms. The third-order valence-electron chi connectivity index (χ3n) is 3.86. The molecule has 1 amide bonds. The molecule has 3 heteroatoms. The molecular formula is C13H14FNO. The Labute approximate surface area is 93.9 Å². The average molecular weight is 219 g/mol. The maximum absolute atomic E-state index is 12.8. The predicted octanol–water partition coefficient (Wildman–Crippen LogP) is 1.89. The monoisotopic (exact) mass is 219 g/mol. The molecule has 0 atom stereocenters. The van der Waals surface area contributed by atoms with Crippen molar-refractivity contribution in [3.63, 3.8) is 0 Å². The minimum absolute atomic E-state index is 0.190. The van der Waals surface area contributed by atoms with Crippen LogP contribution < -0.4 is 5.32 Å². The lowest BCUT2D eigenvalue weighted by molar-refractivity contribution is -0.140. The van der Waals surface area contributed by atoms with Crippen molar-refractivity contribution in [2.45, 2.75) is 19.3 Å². The molecule has 1 aromatic rings. The van der Waals surface area contributed by atoms with E-state index < -0.39 is 0 Å². The lowest BCUT2D eigenvalue weighted by atomic mass is 9.57. The summed E-state index contributed by atoms with van der Waals surface area (Å²) in [6, 6.07) is 6.69. The zero-order chi connectivity index (χ0) is 11.2. The molecule has 4 rings (SSSR count). The Morgan fingerprint density at radius 3 is 2.56 bits per heavy atom. The summed E-state index contributed by atoms with van der Waals surface area (Å²) in [5.74, 6) is 0.250. The van der Waals surface area contributed by atoms with Gasteiger partial charge in [-0.2, -0.15) is 0 Å². The summed E-state index contributed by atoms with van der Waals surface area (Å²) in [7, 11) is 0. The van der Waals surface area contributed by atoms with Crippen LogP contribution >= 0.6 is 0 Å². The van der Waals surface area contributed by atoms with Crippen LogP contribution in [-0.4, -0.2) is 12.5 Å². The van der Waals surface area contributed by atoms with E-state index in [9.17, 15) is 9.18 Å². The first-order valence-corrected chi connectivity index (χ1v) is 5.69. The van der Waals surface area contributed by atoms with E-state index in [4.69, 9.17) is 0 Å². The molecule has 2 bridgehead atoms. The van der Waals surface area contributed by atoms with Crippen molar-refractivity contribution in [3.05, 3.63) is 35.6 Å². The Balaban J connectivity index is 1.72. The van der Waals surface area contributed by atoms with Crippen LogP contribution in [0.5, 0.6) is 0 Å². The van der Waals surface area contributed by atoms with Crippen LogP contribution in [0.25, 0.3) is 0 Å². The van der Waals surface area contributed by atoms with Crippen molar-refractivity contribution in [1.29, 1.82) is 0 Å². The number of rotatable bonds is 2. The molecule has 2 saturated heterocycles. The number of hydrogen-bond acceptors (Lipinski definition) is 1. The maximum atomic E-state index is 12.8. The van der Waals surface area contributed by atoms with Gasteiger partial charge >= 0.3 is 0 Å². The quantitative estimate of drug-likeness (QED) is 0.808. The molecule has 2 aliphatic heterocycles. The topological polar surface area (TPSA) is 29.1 Å². The second kappa shape index (κ2) is 3.30. The number of carbonyl (C=O) groups is 1. The molecule has 1 N–H and O–H groups in total. The largest absolute Gasteiger partial charge is 0.355 e. The van der Waals surface area contributed by atoms with Gasteiger partial charge in [-0.3, -0.25) is 4.79 Å². The Kier molecular flexibility index (Phi) is 2.03. The van der Waals surface area contributed by atoms with Gasteiger partial charge in [-0.1, -0.05) is 12.1 Å². The van der Waals surface area contributed by atoms with Crippen molar-refractivity contribution in [2.24, 2.45) is 11.3 Å². The molecule has 1 aliphatic carbocycles. The Bertz CT molecular complexity index is 415. The third-order valence-corrected chi connectivity index (χ3v) is 3.86. The summed E-state index contributed by atoms with van der Waals surface area (Å²) in [4.78, 5) is 11.3. The average Bonchev–Trinajstić information content (AvgIpc) is 2.23. The highest BCUT2D eigenvalue weighted by Gasteiger charge is 2.50. The highest BCUT2D eigenvalue weighted by molar-refractivity contribution is 5.81. The van der Waals surface area contributed by atoms with Crippen LogP contribution in [0.3, 0.4) is 0 Å². The van der Waals surface area contributed by atoms with E-state index in [1.54, 1.807) is 0 Å². The van der Waals surface area contributed by atoms with Gasteiger partial charge in [-0.15, -0.1) is 0 Å². The first-order valence-electron chi connectivity index (χ1n) is 5.69. The van der Waals surface area contributed by atoms with E-state index in [0.29, 0.717) is 0 Å². The number of hydrogen-bond donors (Lipinski definition) is 1. The minimum atomic E-state index is -0.190. The molecular weight excluding hydrogens is 205 g/mol. The lowest BCUT2D eigenvalue weighted by Gasteiger charge is -2.51. The fourth-order valence-electron chi connectivity index (χ4n) is 2.98. The standard InChI is InChI=1S/C13H14FNO/c14-11-3-1-9(2-4-11)5-13-6-10(7-13)12(16)15-8-13/h1-4,10H,5-8H2,(H,15,16). The molecule has 2 nitrogen and oxygen atoms in total. The van der Waals surface area contributed by atoms with Gasteiger partial charge in [0.15, 0.2) is 0 Å². The molecule has 2 heterocycles. The zero-order valence-corrected chi connectivity index (χ0v) is 9.00. The van der Waals surface area contributed by atoms with Gasteiger partial charge in [-0.25, -0.2) is 4.39 Å². The number of fused-ring (bicyclic) bond motifs is 2. The predicted molar refractivity (Wildman–Crippen MR) is 58.3 cm³/mol. The fourth-order valence-corrected chi connectivity index (χ4v) is 2.98. The Hall–Kier alpha value is -1.38. The maximum Gasteiger partial charge on any atom is 0.223 e. The molecule has 84 valence electrons. The molecule has 1 saturated carbocycles. The van der Waals surface area contributed by atoms with Crippen LogP contribution in [0.1, 0.15) is 18.4 Å². The summed E-state index contributed by atoms with van der Waals surface area (Å²) < 4.78 is 12.8.